The van der Waals surface area contributed by atoms with Gasteiger partial charge in [-0.2, -0.15) is 0 Å². The average molecular weight is 374 g/mol. The van der Waals surface area contributed by atoms with Gasteiger partial charge in [-0.3, -0.25) is 4.79 Å². The van der Waals surface area contributed by atoms with E-state index in [1.807, 2.05) is 27.7 Å². The minimum Gasteiger partial charge on any atom is -0.486 e. The first-order chi connectivity index (χ1) is 12.8. The van der Waals surface area contributed by atoms with Crippen LogP contribution in [0.3, 0.4) is 0 Å². The zero-order valence-electron chi connectivity index (χ0n) is 14.8. The molecule has 1 aromatic carbocycles. The summed E-state index contributed by atoms with van der Waals surface area (Å²) in [5.41, 5.74) is 0.932. The number of hydrogen-bond acceptors (Lipinski definition) is 6. The summed E-state index contributed by atoms with van der Waals surface area (Å²) in [5, 5.41) is 9.43. The Bertz CT molecular complexity index is 802. The van der Waals surface area contributed by atoms with Crippen molar-refractivity contribution in [2.24, 2.45) is 0 Å². The van der Waals surface area contributed by atoms with Crippen LogP contribution >= 0.6 is 11.8 Å². The van der Waals surface area contributed by atoms with Gasteiger partial charge in [0.1, 0.15) is 13.2 Å². The normalized spacial score (nSPS) is 16.1. The number of nitrogens with zero attached hydrogens (tertiary/aromatic N) is 4. The molecule has 0 bridgehead atoms. The number of amides is 1. The van der Waals surface area contributed by atoms with Gasteiger partial charge in [-0.05, 0) is 38.0 Å². The summed E-state index contributed by atoms with van der Waals surface area (Å²) in [5.74, 6) is 2.85. The highest BCUT2D eigenvalue weighted by molar-refractivity contribution is 7.99. The Morgan fingerprint density at radius 3 is 2.69 bits per heavy atom. The second kappa shape index (κ2) is 7.57. The first kappa shape index (κ1) is 17.2. The van der Waals surface area contributed by atoms with Crippen LogP contribution in [-0.2, 0) is 11.3 Å². The molecule has 3 heterocycles. The quantitative estimate of drug-likeness (QED) is 0.749. The second-order valence-corrected chi connectivity index (χ2v) is 7.23. The maximum absolute atomic E-state index is 12.3. The number of rotatable bonds is 5. The summed E-state index contributed by atoms with van der Waals surface area (Å²) in [7, 11) is 0. The molecule has 2 aliphatic rings. The van der Waals surface area contributed by atoms with E-state index in [9.17, 15) is 4.79 Å². The fourth-order valence-electron chi connectivity index (χ4n) is 3.26. The van der Waals surface area contributed by atoms with Crippen molar-refractivity contribution >= 4 is 17.7 Å². The molecule has 0 N–H and O–H groups in total. The summed E-state index contributed by atoms with van der Waals surface area (Å²) in [6.45, 7) is 5.67. The molecule has 138 valence electrons. The first-order valence-electron chi connectivity index (χ1n) is 9.00. The van der Waals surface area contributed by atoms with Gasteiger partial charge in [-0.25, -0.2) is 0 Å². The van der Waals surface area contributed by atoms with Crippen LogP contribution in [-0.4, -0.2) is 57.6 Å². The van der Waals surface area contributed by atoms with E-state index in [0.29, 0.717) is 19.0 Å². The smallest absolute Gasteiger partial charge is 0.233 e. The number of benzene rings is 1. The van der Waals surface area contributed by atoms with Crippen molar-refractivity contribution < 1.29 is 14.3 Å². The average Bonchev–Trinajstić information content (AvgIpc) is 3.35. The first-order valence-corrected chi connectivity index (χ1v) is 9.98. The predicted octanol–water partition coefficient (Wildman–Crippen LogP) is 2.45. The van der Waals surface area contributed by atoms with Crippen molar-refractivity contribution in [1.29, 1.82) is 0 Å². The largest absolute Gasteiger partial charge is 0.486 e. The Hall–Kier alpha value is -2.22. The van der Waals surface area contributed by atoms with Gasteiger partial charge >= 0.3 is 0 Å². The molecule has 0 radical (unpaired) electrons. The summed E-state index contributed by atoms with van der Waals surface area (Å²) >= 11 is 1.45. The summed E-state index contributed by atoms with van der Waals surface area (Å²) < 4.78 is 13.3. The van der Waals surface area contributed by atoms with Gasteiger partial charge in [0.25, 0.3) is 0 Å². The van der Waals surface area contributed by atoms with Crippen LogP contribution in [0.5, 0.6) is 11.5 Å². The molecule has 0 saturated carbocycles. The molecule has 8 heteroatoms. The lowest BCUT2D eigenvalue weighted by atomic mass is 10.2. The number of ether oxygens (including phenoxy) is 2. The van der Waals surface area contributed by atoms with Crippen LogP contribution < -0.4 is 9.47 Å². The Balaban J connectivity index is 1.52. The monoisotopic (exact) mass is 374 g/mol. The number of carbonyl (C=O) groups excluding carboxylic acids is 1. The molecule has 7 nitrogen and oxygen atoms in total. The van der Waals surface area contributed by atoms with Crippen molar-refractivity contribution in [2.75, 3.05) is 32.1 Å². The summed E-state index contributed by atoms with van der Waals surface area (Å²) in [4.78, 5) is 14.2. The fourth-order valence-corrected chi connectivity index (χ4v) is 4.17. The molecule has 26 heavy (non-hydrogen) atoms. The van der Waals surface area contributed by atoms with Crippen LogP contribution in [0.4, 0.5) is 0 Å². The Morgan fingerprint density at radius 1 is 1.15 bits per heavy atom. The highest BCUT2D eigenvalue weighted by atomic mass is 32.2. The molecule has 1 aromatic heterocycles. The number of fused-ring (bicyclic) bond motifs is 1. The van der Waals surface area contributed by atoms with Crippen LogP contribution in [0.1, 0.15) is 19.8 Å². The van der Waals surface area contributed by atoms with E-state index in [2.05, 4.69) is 17.1 Å². The molecule has 0 spiro atoms. The molecular weight excluding hydrogens is 352 g/mol. The van der Waals surface area contributed by atoms with E-state index in [0.717, 1.165) is 60.5 Å². The molecule has 1 amide bonds. The van der Waals surface area contributed by atoms with Crippen molar-refractivity contribution in [3.05, 3.63) is 18.2 Å². The molecule has 2 aromatic rings. The standard InChI is InChI=1S/C18H22N4O3S/c1-2-22-17(13-5-6-14-15(11-13)25-10-9-24-14)19-20-18(22)26-12-16(23)21-7-3-4-8-21/h5-6,11H,2-4,7-10,12H2,1H3. The van der Waals surface area contributed by atoms with Gasteiger partial charge < -0.3 is 18.9 Å². The fraction of sp³-hybridized carbons (Fsp3) is 0.500. The molecule has 4 rings (SSSR count). The van der Waals surface area contributed by atoms with Gasteiger partial charge in [-0.15, -0.1) is 10.2 Å². The SMILES string of the molecule is CCn1c(SCC(=O)N2CCCC2)nnc1-c1ccc2c(c1)OCCO2. The molecule has 0 aliphatic carbocycles. The Morgan fingerprint density at radius 2 is 1.92 bits per heavy atom. The van der Waals surface area contributed by atoms with Crippen LogP contribution in [0.2, 0.25) is 0 Å². The highest BCUT2D eigenvalue weighted by Gasteiger charge is 2.21. The molecule has 2 aliphatic heterocycles. The number of thioether (sulfide) groups is 1. The van der Waals surface area contributed by atoms with Gasteiger partial charge in [0, 0.05) is 25.2 Å². The lowest BCUT2D eigenvalue weighted by Crippen LogP contribution is -2.29. The van der Waals surface area contributed by atoms with E-state index >= 15 is 0 Å². The number of likely N-dealkylation sites (tertiary alicyclic amines) is 1. The van der Waals surface area contributed by atoms with Crippen molar-refractivity contribution in [3.8, 4) is 22.9 Å². The lowest BCUT2D eigenvalue weighted by molar-refractivity contribution is -0.127. The van der Waals surface area contributed by atoms with Gasteiger partial charge in [0.2, 0.25) is 5.91 Å². The predicted molar refractivity (Wildman–Crippen MR) is 98.7 cm³/mol. The highest BCUT2D eigenvalue weighted by Crippen LogP contribution is 2.34. The van der Waals surface area contributed by atoms with E-state index in [1.54, 1.807) is 0 Å². The van der Waals surface area contributed by atoms with E-state index in [4.69, 9.17) is 9.47 Å². The minimum atomic E-state index is 0.180. The molecule has 1 saturated heterocycles. The summed E-state index contributed by atoms with van der Waals surface area (Å²) in [6.07, 6.45) is 2.21. The molecule has 0 atom stereocenters. The van der Waals surface area contributed by atoms with Crippen LogP contribution in [0.25, 0.3) is 11.4 Å². The van der Waals surface area contributed by atoms with E-state index < -0.39 is 0 Å². The second-order valence-electron chi connectivity index (χ2n) is 6.29. The van der Waals surface area contributed by atoms with E-state index in [-0.39, 0.29) is 5.91 Å². The molecule has 0 unspecified atom stereocenters. The maximum Gasteiger partial charge on any atom is 0.233 e. The topological polar surface area (TPSA) is 69.5 Å². The van der Waals surface area contributed by atoms with Gasteiger partial charge in [-0.1, -0.05) is 11.8 Å². The van der Waals surface area contributed by atoms with Gasteiger partial charge in [0.05, 0.1) is 5.75 Å². The third-order valence-electron chi connectivity index (χ3n) is 4.62. The van der Waals surface area contributed by atoms with Gasteiger partial charge in [0.15, 0.2) is 22.5 Å². The van der Waals surface area contributed by atoms with Crippen LogP contribution in [0, 0.1) is 0 Å². The van der Waals surface area contributed by atoms with E-state index in [1.165, 1.54) is 11.8 Å². The van der Waals surface area contributed by atoms with Crippen molar-refractivity contribution in [3.63, 3.8) is 0 Å². The third kappa shape index (κ3) is 3.38. The number of hydrogen-bond donors (Lipinski definition) is 0. The molecule has 1 fully saturated rings. The Labute approximate surface area is 156 Å². The zero-order chi connectivity index (χ0) is 17.9. The lowest BCUT2D eigenvalue weighted by Gasteiger charge is -2.19. The minimum absolute atomic E-state index is 0.180. The van der Waals surface area contributed by atoms with Crippen molar-refractivity contribution in [2.45, 2.75) is 31.5 Å². The van der Waals surface area contributed by atoms with Crippen LogP contribution in [0.15, 0.2) is 23.4 Å². The van der Waals surface area contributed by atoms with Crippen molar-refractivity contribution in [1.82, 2.24) is 19.7 Å². The maximum atomic E-state index is 12.3. The number of carbonyl (C=O) groups is 1. The summed E-state index contributed by atoms with van der Waals surface area (Å²) in [6, 6.07) is 5.81. The molecular formula is C18H22N4O3S. The number of aromatic nitrogens is 3. The third-order valence-corrected chi connectivity index (χ3v) is 5.57. The Kier molecular flexibility index (Phi) is 5.01. The zero-order valence-corrected chi connectivity index (χ0v) is 15.6.